The quantitative estimate of drug-likeness (QED) is 0.566. The minimum atomic E-state index is -1.32. The van der Waals surface area contributed by atoms with E-state index in [4.69, 9.17) is 22.1 Å². The number of ether oxygens (including phenoxy) is 1. The topological polar surface area (TPSA) is 97.4 Å². The fourth-order valence-corrected chi connectivity index (χ4v) is 4.44. The molecule has 0 fully saturated rings. The monoisotopic (exact) mass is 455 g/mol. The number of fused-ring (bicyclic) bond motifs is 1. The van der Waals surface area contributed by atoms with Crippen LogP contribution in [-0.2, 0) is 10.3 Å². The van der Waals surface area contributed by atoms with Crippen molar-refractivity contribution in [2.24, 2.45) is 0 Å². The van der Waals surface area contributed by atoms with Gasteiger partial charge < -0.3 is 20.5 Å². The Bertz CT molecular complexity index is 1140. The van der Waals surface area contributed by atoms with Gasteiger partial charge in [-0.1, -0.05) is 29.5 Å². The van der Waals surface area contributed by atoms with Gasteiger partial charge in [-0.05, 0) is 31.0 Å². The Morgan fingerprint density at radius 3 is 3.00 bits per heavy atom. The predicted octanol–water partition coefficient (Wildman–Crippen LogP) is 3.70. The number of thiazole rings is 1. The molecule has 0 saturated carbocycles. The van der Waals surface area contributed by atoms with Gasteiger partial charge in [-0.3, -0.25) is 0 Å². The molecule has 0 aliphatic carbocycles. The van der Waals surface area contributed by atoms with Crippen LogP contribution in [0.15, 0.2) is 36.0 Å². The third-order valence-electron chi connectivity index (χ3n) is 5.13. The van der Waals surface area contributed by atoms with Crippen LogP contribution in [0.2, 0.25) is 5.02 Å². The second-order valence-corrected chi connectivity index (χ2v) is 8.72. The van der Waals surface area contributed by atoms with Crippen molar-refractivity contribution in [3.63, 3.8) is 0 Å². The predicted molar refractivity (Wildman–Crippen MR) is 123 cm³/mol. The molecule has 0 amide bonds. The third-order valence-corrected chi connectivity index (χ3v) is 6.38. The molecule has 2 aromatic heterocycles. The van der Waals surface area contributed by atoms with E-state index in [1.165, 1.54) is 23.1 Å². The molecular formula is C22H22ClN5O2S. The average Bonchev–Trinajstić information content (AvgIpc) is 3.41. The minimum Gasteiger partial charge on any atom is -0.385 e. The zero-order valence-corrected chi connectivity index (χ0v) is 18.7. The fraction of sp³-hybridized carbons (Fsp3) is 0.318. The Morgan fingerprint density at radius 1 is 1.42 bits per heavy atom. The second-order valence-electron chi connectivity index (χ2n) is 7.42. The number of hydrogen-bond donors (Lipinski definition) is 2. The summed E-state index contributed by atoms with van der Waals surface area (Å²) in [6, 6.07) is 6.01. The molecule has 31 heavy (non-hydrogen) atoms. The molecule has 0 saturated heterocycles. The number of nitrogen functional groups attached to an aromatic ring is 1. The van der Waals surface area contributed by atoms with Crippen LogP contribution in [0.3, 0.4) is 0 Å². The summed E-state index contributed by atoms with van der Waals surface area (Å²) in [7, 11) is 1.70. The standard InChI is InChI=1S/C22H22ClN5O2S/c1-22(29,20-25-8-10-31-20)7-5-14-3-4-16-15(6-9-30-2)13-28(18(16)11-14)19-17(23)12-26-21(24)27-19/h3-4,8,10-12,15,29H,6,9,13H2,1-2H3,(H2,24,26,27). The summed E-state index contributed by atoms with van der Waals surface area (Å²) in [6.45, 7) is 2.99. The number of aromatic nitrogens is 3. The van der Waals surface area contributed by atoms with Gasteiger partial charge in [0.15, 0.2) is 11.4 Å². The van der Waals surface area contributed by atoms with E-state index >= 15 is 0 Å². The number of methoxy groups -OCH3 is 1. The lowest BCUT2D eigenvalue weighted by atomic mass is 9.97. The van der Waals surface area contributed by atoms with Crippen LogP contribution in [0.1, 0.15) is 35.4 Å². The summed E-state index contributed by atoms with van der Waals surface area (Å²) >= 11 is 7.77. The van der Waals surface area contributed by atoms with Crippen LogP contribution in [0.5, 0.6) is 0 Å². The average molecular weight is 456 g/mol. The number of halogens is 1. The number of benzene rings is 1. The van der Waals surface area contributed by atoms with Crippen molar-refractivity contribution in [3.05, 3.63) is 57.1 Å². The Morgan fingerprint density at radius 2 is 2.26 bits per heavy atom. The van der Waals surface area contributed by atoms with Gasteiger partial charge in [0.05, 0.1) is 6.20 Å². The highest BCUT2D eigenvalue weighted by atomic mass is 35.5. The molecule has 3 aromatic rings. The second kappa shape index (κ2) is 8.81. The van der Waals surface area contributed by atoms with Crippen molar-refractivity contribution in [1.82, 2.24) is 15.0 Å². The van der Waals surface area contributed by atoms with E-state index in [-0.39, 0.29) is 11.9 Å². The summed E-state index contributed by atoms with van der Waals surface area (Å²) in [5, 5.41) is 13.5. The molecule has 0 spiro atoms. The lowest BCUT2D eigenvalue weighted by Gasteiger charge is -2.20. The largest absolute Gasteiger partial charge is 0.385 e. The molecule has 2 atom stereocenters. The van der Waals surface area contributed by atoms with E-state index in [0.717, 1.165) is 17.7 Å². The Balaban J connectivity index is 1.72. The van der Waals surface area contributed by atoms with Crippen molar-refractivity contribution in [1.29, 1.82) is 0 Å². The van der Waals surface area contributed by atoms with Crippen molar-refractivity contribution >= 4 is 40.4 Å². The zero-order valence-electron chi connectivity index (χ0n) is 17.2. The number of anilines is 3. The van der Waals surface area contributed by atoms with Crippen molar-refractivity contribution in [3.8, 4) is 11.8 Å². The molecule has 1 aliphatic heterocycles. The number of aliphatic hydroxyl groups is 1. The van der Waals surface area contributed by atoms with E-state index in [0.29, 0.717) is 29.0 Å². The molecule has 7 nitrogen and oxygen atoms in total. The highest BCUT2D eigenvalue weighted by Gasteiger charge is 2.31. The SMILES string of the molecule is COCCC1CN(c2nc(N)ncc2Cl)c2cc(C#CC(C)(O)c3nccs3)ccc21. The van der Waals surface area contributed by atoms with Crippen molar-refractivity contribution in [2.45, 2.75) is 24.9 Å². The third kappa shape index (κ3) is 4.50. The van der Waals surface area contributed by atoms with E-state index in [1.54, 1.807) is 20.2 Å². The first kappa shape index (κ1) is 21.5. The van der Waals surface area contributed by atoms with Crippen LogP contribution in [0.25, 0.3) is 0 Å². The van der Waals surface area contributed by atoms with Gasteiger partial charge in [0.2, 0.25) is 5.95 Å². The van der Waals surface area contributed by atoms with Crippen LogP contribution >= 0.6 is 22.9 Å². The molecule has 0 bridgehead atoms. The normalized spacial score (nSPS) is 17.0. The van der Waals surface area contributed by atoms with Gasteiger partial charge in [-0.25, -0.2) is 9.97 Å². The maximum absolute atomic E-state index is 10.7. The Kier molecular flexibility index (Phi) is 6.12. The highest BCUT2D eigenvalue weighted by Crippen LogP contribution is 2.44. The van der Waals surface area contributed by atoms with Crippen LogP contribution < -0.4 is 10.6 Å². The maximum atomic E-state index is 10.7. The van der Waals surface area contributed by atoms with Crippen molar-refractivity contribution in [2.75, 3.05) is 30.9 Å². The van der Waals surface area contributed by atoms with Gasteiger partial charge in [0.1, 0.15) is 10.0 Å². The smallest absolute Gasteiger partial charge is 0.222 e. The van der Waals surface area contributed by atoms with E-state index in [2.05, 4.69) is 32.9 Å². The van der Waals surface area contributed by atoms with Gasteiger partial charge in [-0.15, -0.1) is 11.3 Å². The Labute approximate surface area is 189 Å². The summed E-state index contributed by atoms with van der Waals surface area (Å²) < 4.78 is 5.29. The summed E-state index contributed by atoms with van der Waals surface area (Å²) in [4.78, 5) is 14.5. The minimum absolute atomic E-state index is 0.164. The molecule has 1 aliphatic rings. The lowest BCUT2D eigenvalue weighted by Crippen LogP contribution is -2.19. The van der Waals surface area contributed by atoms with Gasteiger partial charge in [0, 0.05) is 49.0 Å². The molecule has 9 heteroatoms. The summed E-state index contributed by atoms with van der Waals surface area (Å²) in [5.41, 5.74) is 7.40. The van der Waals surface area contributed by atoms with Crippen LogP contribution in [0, 0.1) is 11.8 Å². The van der Waals surface area contributed by atoms with E-state index < -0.39 is 5.60 Å². The lowest BCUT2D eigenvalue weighted by molar-refractivity contribution is 0.122. The molecule has 4 rings (SSSR count). The number of hydrogen-bond acceptors (Lipinski definition) is 8. The first-order valence-electron chi connectivity index (χ1n) is 9.73. The highest BCUT2D eigenvalue weighted by molar-refractivity contribution is 7.09. The summed E-state index contributed by atoms with van der Waals surface area (Å²) in [5.74, 6) is 7.00. The first-order valence-corrected chi connectivity index (χ1v) is 11.0. The van der Waals surface area contributed by atoms with Gasteiger partial charge in [0.25, 0.3) is 0 Å². The maximum Gasteiger partial charge on any atom is 0.222 e. The first-order chi connectivity index (χ1) is 14.9. The Hall–Kier alpha value is -2.70. The van der Waals surface area contributed by atoms with Crippen molar-refractivity contribution < 1.29 is 9.84 Å². The molecule has 1 aromatic carbocycles. The van der Waals surface area contributed by atoms with E-state index in [9.17, 15) is 5.11 Å². The molecule has 3 heterocycles. The molecule has 2 unspecified atom stereocenters. The fourth-order valence-electron chi connectivity index (χ4n) is 3.60. The number of nitrogens with zero attached hydrogens (tertiary/aromatic N) is 4. The van der Waals surface area contributed by atoms with E-state index in [1.807, 2.05) is 22.4 Å². The van der Waals surface area contributed by atoms with Crippen LogP contribution in [-0.4, -0.2) is 40.3 Å². The molecule has 3 N–H and O–H groups in total. The number of rotatable bonds is 5. The molecule has 0 radical (unpaired) electrons. The number of nitrogens with two attached hydrogens (primary N) is 1. The zero-order chi connectivity index (χ0) is 22.0. The summed E-state index contributed by atoms with van der Waals surface area (Å²) in [6.07, 6.45) is 4.03. The van der Waals surface area contributed by atoms with Crippen LogP contribution in [0.4, 0.5) is 17.5 Å². The van der Waals surface area contributed by atoms with Gasteiger partial charge >= 0.3 is 0 Å². The van der Waals surface area contributed by atoms with Gasteiger partial charge in [-0.2, -0.15) is 4.98 Å². The molecule has 160 valence electrons. The molecular weight excluding hydrogens is 434 g/mol.